The van der Waals surface area contributed by atoms with Gasteiger partial charge in [-0.05, 0) is 37.3 Å². The normalized spacial score (nSPS) is 10.9. The highest BCUT2D eigenvalue weighted by Gasteiger charge is 2.25. The maximum atomic E-state index is 13.0. The largest absolute Gasteiger partial charge is 0.462 e. The van der Waals surface area contributed by atoms with Crippen LogP contribution in [0.5, 0.6) is 0 Å². The summed E-state index contributed by atoms with van der Waals surface area (Å²) in [6.07, 6.45) is 0. The summed E-state index contributed by atoms with van der Waals surface area (Å²) in [7, 11) is -2.53. The molecule has 3 aromatic rings. The molecular weight excluding hydrogens is 478 g/mol. The smallest absolute Gasteiger partial charge is 0.348 e. The lowest BCUT2D eigenvalue weighted by molar-refractivity contribution is 0.0452. The van der Waals surface area contributed by atoms with Crippen molar-refractivity contribution in [1.82, 2.24) is 0 Å². The number of benzene rings is 2. The molecule has 0 atom stereocenters. The quantitative estimate of drug-likeness (QED) is 0.464. The topological polar surface area (TPSA) is 140 Å². The molecule has 0 bridgehead atoms. The van der Waals surface area contributed by atoms with E-state index in [1.165, 1.54) is 31.3 Å². The third-order valence-electron chi connectivity index (χ3n) is 4.80. The van der Waals surface area contributed by atoms with Crippen LogP contribution >= 0.6 is 11.3 Å². The van der Waals surface area contributed by atoms with E-state index in [0.29, 0.717) is 5.69 Å². The number of rotatable bonds is 8. The maximum absolute atomic E-state index is 13.0. The Hall–Kier alpha value is -3.88. The first kappa shape index (κ1) is 24.8. The van der Waals surface area contributed by atoms with Crippen LogP contribution in [0.2, 0.25) is 0 Å². The van der Waals surface area contributed by atoms with Gasteiger partial charge in [0.1, 0.15) is 22.6 Å². The number of nitrogens with zero attached hydrogens (tertiary/aromatic N) is 2. The summed E-state index contributed by atoms with van der Waals surface area (Å²) >= 11 is 0.873. The molecule has 1 heterocycles. The number of esters is 2. The molecule has 11 heteroatoms. The van der Waals surface area contributed by atoms with E-state index in [4.69, 9.17) is 15.2 Å². The number of anilines is 2. The highest BCUT2D eigenvalue weighted by Crippen LogP contribution is 2.32. The molecule has 2 aromatic carbocycles. The number of sulfonamides is 1. The molecule has 176 valence electrons. The average Bonchev–Trinajstić information content (AvgIpc) is 3.17. The molecule has 1 aromatic heterocycles. The van der Waals surface area contributed by atoms with Gasteiger partial charge in [-0.1, -0.05) is 24.3 Å². The number of ether oxygens (including phenoxy) is 2. The Balaban J connectivity index is 1.84. The number of hydrogen-bond acceptors (Lipinski definition) is 9. The first-order valence-electron chi connectivity index (χ1n) is 10.00. The second-order valence-electron chi connectivity index (χ2n) is 6.89. The highest BCUT2D eigenvalue weighted by atomic mass is 32.2. The summed E-state index contributed by atoms with van der Waals surface area (Å²) in [5, 5.41) is 9.50. The molecule has 9 nitrogen and oxygen atoms in total. The van der Waals surface area contributed by atoms with E-state index in [2.05, 4.69) is 0 Å². The second-order valence-corrected chi connectivity index (χ2v) is 9.91. The van der Waals surface area contributed by atoms with Crippen LogP contribution in [0.25, 0.3) is 0 Å². The van der Waals surface area contributed by atoms with Crippen LogP contribution in [0.3, 0.4) is 0 Å². The molecule has 2 N–H and O–H groups in total. The van der Waals surface area contributed by atoms with Gasteiger partial charge >= 0.3 is 11.9 Å². The molecule has 0 amide bonds. The average molecular weight is 500 g/mol. The van der Waals surface area contributed by atoms with Crippen LogP contribution in [0, 0.1) is 11.3 Å². The van der Waals surface area contributed by atoms with Crippen molar-refractivity contribution in [2.45, 2.75) is 18.4 Å². The fourth-order valence-corrected chi connectivity index (χ4v) is 5.21. The van der Waals surface area contributed by atoms with E-state index in [1.54, 1.807) is 37.3 Å². The van der Waals surface area contributed by atoms with Crippen molar-refractivity contribution in [2.24, 2.45) is 0 Å². The van der Waals surface area contributed by atoms with Crippen molar-refractivity contribution in [3.8, 4) is 6.07 Å². The molecular formula is C23H21N3O6S2. The Bertz CT molecular complexity index is 1360. The van der Waals surface area contributed by atoms with Gasteiger partial charge in [-0.3, -0.25) is 4.31 Å². The standard InChI is InChI=1S/C23H21N3O6S2/c1-3-31-23(28)20-19(18(13-24)21(25)33-20)14-32-22(27)15-8-7-11-17(12-15)34(29,30)26(2)16-9-5-4-6-10-16/h4-12H,3,14,25H2,1-2H3. The molecule has 0 fully saturated rings. The van der Waals surface area contributed by atoms with Gasteiger partial charge in [0, 0.05) is 12.6 Å². The Morgan fingerprint density at radius 3 is 2.44 bits per heavy atom. The summed E-state index contributed by atoms with van der Waals surface area (Å²) in [6.45, 7) is 1.34. The fourth-order valence-electron chi connectivity index (χ4n) is 3.05. The lowest BCUT2D eigenvalue weighted by Crippen LogP contribution is -2.26. The first-order valence-corrected chi connectivity index (χ1v) is 12.3. The minimum absolute atomic E-state index is 0.0121. The van der Waals surface area contributed by atoms with Gasteiger partial charge in [-0.2, -0.15) is 5.26 Å². The lowest BCUT2D eigenvalue weighted by atomic mass is 10.1. The number of hydrogen-bond donors (Lipinski definition) is 1. The Morgan fingerprint density at radius 1 is 1.09 bits per heavy atom. The summed E-state index contributed by atoms with van der Waals surface area (Å²) in [5.74, 6) is -1.51. The Morgan fingerprint density at radius 2 is 1.79 bits per heavy atom. The predicted octanol–water partition coefficient (Wildman–Crippen LogP) is 3.56. The van der Waals surface area contributed by atoms with Crippen molar-refractivity contribution in [3.05, 3.63) is 76.2 Å². The number of carbonyl (C=O) groups excluding carboxylic acids is 2. The second kappa shape index (κ2) is 10.4. The van der Waals surface area contributed by atoms with Gasteiger partial charge in [0.05, 0.1) is 28.3 Å². The lowest BCUT2D eigenvalue weighted by Gasteiger charge is -2.19. The van der Waals surface area contributed by atoms with Crippen molar-refractivity contribution in [1.29, 1.82) is 5.26 Å². The van der Waals surface area contributed by atoms with Gasteiger partial charge < -0.3 is 15.2 Å². The zero-order valence-electron chi connectivity index (χ0n) is 18.3. The number of nitrogen functional groups attached to an aromatic ring is 1. The van der Waals surface area contributed by atoms with Gasteiger partial charge in [0.25, 0.3) is 10.0 Å². The number of nitrogens with two attached hydrogens (primary N) is 1. The van der Waals surface area contributed by atoms with Crippen molar-refractivity contribution in [2.75, 3.05) is 23.7 Å². The van der Waals surface area contributed by atoms with E-state index in [1.807, 2.05) is 6.07 Å². The van der Waals surface area contributed by atoms with E-state index in [-0.39, 0.29) is 38.1 Å². The number of para-hydroxylation sites is 1. The molecule has 0 spiro atoms. The van der Waals surface area contributed by atoms with Gasteiger partial charge in [0.15, 0.2) is 0 Å². The summed E-state index contributed by atoms with van der Waals surface area (Å²) in [6, 6.07) is 15.8. The maximum Gasteiger partial charge on any atom is 0.348 e. The summed E-state index contributed by atoms with van der Waals surface area (Å²) in [5.41, 5.74) is 6.44. The van der Waals surface area contributed by atoms with Crippen LogP contribution in [-0.2, 0) is 26.1 Å². The van der Waals surface area contributed by atoms with Crippen LogP contribution in [0.1, 0.15) is 38.1 Å². The van der Waals surface area contributed by atoms with Crippen LogP contribution < -0.4 is 10.0 Å². The van der Waals surface area contributed by atoms with Crippen LogP contribution in [-0.4, -0.2) is 34.0 Å². The molecule has 0 saturated carbocycles. The molecule has 0 radical (unpaired) electrons. The zero-order chi connectivity index (χ0) is 24.9. The van der Waals surface area contributed by atoms with E-state index < -0.39 is 28.6 Å². The van der Waals surface area contributed by atoms with Gasteiger partial charge in [-0.25, -0.2) is 18.0 Å². The van der Waals surface area contributed by atoms with E-state index in [0.717, 1.165) is 15.6 Å². The zero-order valence-corrected chi connectivity index (χ0v) is 20.0. The van der Waals surface area contributed by atoms with Crippen LogP contribution in [0.4, 0.5) is 10.7 Å². The van der Waals surface area contributed by atoms with Crippen molar-refractivity contribution >= 4 is 44.0 Å². The summed E-state index contributed by atoms with van der Waals surface area (Å²) < 4.78 is 37.4. The number of thiophene rings is 1. The fraction of sp³-hybridized carbons (Fsp3) is 0.174. The molecule has 34 heavy (non-hydrogen) atoms. The molecule has 3 rings (SSSR count). The van der Waals surface area contributed by atoms with Gasteiger partial charge in [0.2, 0.25) is 0 Å². The van der Waals surface area contributed by atoms with Crippen LogP contribution in [0.15, 0.2) is 59.5 Å². The van der Waals surface area contributed by atoms with Crippen molar-refractivity contribution in [3.63, 3.8) is 0 Å². The molecule has 0 aliphatic rings. The predicted molar refractivity (Wildman–Crippen MR) is 127 cm³/mol. The van der Waals surface area contributed by atoms with E-state index >= 15 is 0 Å². The highest BCUT2D eigenvalue weighted by molar-refractivity contribution is 7.92. The number of nitriles is 1. The summed E-state index contributed by atoms with van der Waals surface area (Å²) in [4.78, 5) is 24.9. The molecule has 0 unspecified atom stereocenters. The Labute approximate surface area is 201 Å². The third kappa shape index (κ3) is 5.03. The molecule has 0 aliphatic carbocycles. The molecule has 0 aliphatic heterocycles. The third-order valence-corrected chi connectivity index (χ3v) is 7.63. The van der Waals surface area contributed by atoms with E-state index in [9.17, 15) is 23.3 Å². The molecule has 0 saturated heterocycles. The monoisotopic (exact) mass is 499 g/mol. The number of carbonyl (C=O) groups is 2. The minimum atomic E-state index is -3.94. The first-order chi connectivity index (χ1) is 16.2. The van der Waals surface area contributed by atoms with Gasteiger partial charge in [-0.15, -0.1) is 11.3 Å². The minimum Gasteiger partial charge on any atom is -0.462 e. The Kier molecular flexibility index (Phi) is 7.55. The van der Waals surface area contributed by atoms with Crippen molar-refractivity contribution < 1.29 is 27.5 Å². The SMILES string of the molecule is CCOC(=O)c1sc(N)c(C#N)c1COC(=O)c1cccc(S(=O)(=O)N(C)c2ccccc2)c1.